The Morgan fingerprint density at radius 2 is 1.95 bits per heavy atom. The molecule has 0 bridgehead atoms. The summed E-state index contributed by atoms with van der Waals surface area (Å²) >= 11 is 13.9. The molecule has 0 aliphatic carbocycles. The molecule has 102 valence electrons. The highest BCUT2D eigenvalue weighted by Crippen LogP contribution is 2.26. The van der Waals surface area contributed by atoms with Crippen LogP contribution in [0.1, 0.15) is 30.5 Å². The molecule has 0 fully saturated rings. The van der Waals surface area contributed by atoms with Gasteiger partial charge in [-0.3, -0.25) is 0 Å². The number of thiophene rings is 1. The molecule has 0 radical (unpaired) electrons. The molecule has 2 aromatic rings. The molecule has 0 amide bonds. The highest BCUT2D eigenvalue weighted by molar-refractivity contribution is 7.07. The summed E-state index contributed by atoms with van der Waals surface area (Å²) < 4.78 is 0. The maximum Gasteiger partial charge on any atom is 0.0424 e. The van der Waals surface area contributed by atoms with Crippen LogP contribution >= 0.6 is 34.5 Å². The number of benzene rings is 1. The maximum atomic E-state index is 6.10. The van der Waals surface area contributed by atoms with E-state index >= 15 is 0 Å². The van der Waals surface area contributed by atoms with Crippen LogP contribution in [0.15, 0.2) is 35.0 Å². The first-order chi connectivity index (χ1) is 9.19. The summed E-state index contributed by atoms with van der Waals surface area (Å²) in [5.74, 6) is 0. The van der Waals surface area contributed by atoms with Crippen LogP contribution in [0.25, 0.3) is 0 Å². The van der Waals surface area contributed by atoms with Gasteiger partial charge < -0.3 is 5.32 Å². The van der Waals surface area contributed by atoms with E-state index in [1.165, 1.54) is 5.56 Å². The number of hydrogen-bond donors (Lipinski definition) is 1. The van der Waals surface area contributed by atoms with E-state index in [1.54, 1.807) is 17.4 Å². The van der Waals surface area contributed by atoms with Crippen LogP contribution in [0, 0.1) is 0 Å². The molecule has 1 aromatic heterocycles. The molecule has 0 spiro atoms. The lowest BCUT2D eigenvalue weighted by atomic mass is 10.0. The molecule has 1 aromatic carbocycles. The van der Waals surface area contributed by atoms with Crippen LogP contribution in [-0.2, 0) is 6.42 Å². The smallest absolute Gasteiger partial charge is 0.0424 e. The molecule has 1 atom stereocenters. The van der Waals surface area contributed by atoms with Crippen LogP contribution in [0.2, 0.25) is 10.0 Å². The van der Waals surface area contributed by atoms with Crippen molar-refractivity contribution in [1.82, 2.24) is 5.32 Å². The highest BCUT2D eigenvalue weighted by atomic mass is 35.5. The normalized spacial score (nSPS) is 12.6. The SMILES string of the molecule is CCCNC(Cc1ccsc1)c1cc(Cl)cc(Cl)c1. The zero-order valence-corrected chi connectivity index (χ0v) is 13.2. The molecule has 0 saturated carbocycles. The average Bonchev–Trinajstić information content (AvgIpc) is 2.86. The largest absolute Gasteiger partial charge is 0.310 e. The molecule has 0 aliphatic heterocycles. The van der Waals surface area contributed by atoms with Gasteiger partial charge in [-0.2, -0.15) is 11.3 Å². The summed E-state index contributed by atoms with van der Waals surface area (Å²) in [4.78, 5) is 0. The second-order valence-corrected chi connectivity index (χ2v) is 6.20. The van der Waals surface area contributed by atoms with E-state index < -0.39 is 0 Å². The van der Waals surface area contributed by atoms with Gasteiger partial charge in [-0.1, -0.05) is 30.1 Å². The van der Waals surface area contributed by atoms with Crippen LogP contribution in [-0.4, -0.2) is 6.54 Å². The van der Waals surface area contributed by atoms with Gasteiger partial charge in [0.05, 0.1) is 0 Å². The van der Waals surface area contributed by atoms with E-state index in [2.05, 4.69) is 29.1 Å². The molecule has 1 N–H and O–H groups in total. The summed E-state index contributed by atoms with van der Waals surface area (Å²) in [6.45, 7) is 3.15. The summed E-state index contributed by atoms with van der Waals surface area (Å²) in [5, 5.41) is 9.24. The summed E-state index contributed by atoms with van der Waals surface area (Å²) in [5.41, 5.74) is 2.49. The third-order valence-corrected chi connectivity index (χ3v) is 4.12. The standard InChI is InChI=1S/C15H17Cl2NS/c1-2-4-18-15(6-11-3-5-19-10-11)12-7-13(16)9-14(17)8-12/h3,5,7-10,15,18H,2,4,6H2,1H3. The highest BCUT2D eigenvalue weighted by Gasteiger charge is 2.13. The zero-order valence-electron chi connectivity index (χ0n) is 10.8. The molecule has 1 heterocycles. The van der Waals surface area contributed by atoms with Crippen molar-refractivity contribution in [3.05, 3.63) is 56.2 Å². The van der Waals surface area contributed by atoms with Gasteiger partial charge in [0.25, 0.3) is 0 Å². The van der Waals surface area contributed by atoms with Crippen molar-refractivity contribution >= 4 is 34.5 Å². The lowest BCUT2D eigenvalue weighted by molar-refractivity contribution is 0.530. The fourth-order valence-electron chi connectivity index (χ4n) is 2.05. The Bertz CT molecular complexity index is 491. The molecule has 0 aliphatic rings. The van der Waals surface area contributed by atoms with E-state index in [4.69, 9.17) is 23.2 Å². The third-order valence-electron chi connectivity index (χ3n) is 2.95. The molecular weight excluding hydrogens is 297 g/mol. The van der Waals surface area contributed by atoms with Crippen LogP contribution in [0.4, 0.5) is 0 Å². The summed E-state index contributed by atoms with van der Waals surface area (Å²) in [7, 11) is 0. The Balaban J connectivity index is 2.20. The van der Waals surface area contributed by atoms with Crippen LogP contribution in [0.3, 0.4) is 0 Å². The predicted octanol–water partition coefficient (Wildman–Crippen LogP) is 5.34. The number of hydrogen-bond acceptors (Lipinski definition) is 2. The number of rotatable bonds is 6. The van der Waals surface area contributed by atoms with Crippen molar-refractivity contribution in [2.75, 3.05) is 6.54 Å². The van der Waals surface area contributed by atoms with Crippen molar-refractivity contribution in [1.29, 1.82) is 0 Å². The van der Waals surface area contributed by atoms with E-state index in [0.717, 1.165) is 24.9 Å². The topological polar surface area (TPSA) is 12.0 Å². The van der Waals surface area contributed by atoms with Gasteiger partial charge in [0.2, 0.25) is 0 Å². The first-order valence-corrected chi connectivity index (χ1v) is 8.09. The van der Waals surface area contributed by atoms with Gasteiger partial charge in [0, 0.05) is 16.1 Å². The number of nitrogens with one attached hydrogen (secondary N) is 1. The van der Waals surface area contributed by atoms with Crippen LogP contribution in [0.5, 0.6) is 0 Å². The maximum absolute atomic E-state index is 6.10. The predicted molar refractivity (Wildman–Crippen MR) is 85.5 cm³/mol. The van der Waals surface area contributed by atoms with Gasteiger partial charge in [-0.25, -0.2) is 0 Å². The second kappa shape index (κ2) is 7.30. The molecule has 1 unspecified atom stereocenters. The van der Waals surface area contributed by atoms with E-state index in [0.29, 0.717) is 10.0 Å². The Kier molecular flexibility index (Phi) is 5.71. The Hall–Kier alpha value is -0.540. The first-order valence-electron chi connectivity index (χ1n) is 6.39. The van der Waals surface area contributed by atoms with E-state index in [1.807, 2.05) is 12.1 Å². The van der Waals surface area contributed by atoms with Crippen molar-refractivity contribution in [3.63, 3.8) is 0 Å². The lowest BCUT2D eigenvalue weighted by Gasteiger charge is -2.19. The van der Waals surface area contributed by atoms with Crippen molar-refractivity contribution in [2.24, 2.45) is 0 Å². The van der Waals surface area contributed by atoms with E-state index in [-0.39, 0.29) is 6.04 Å². The number of halogens is 2. The third kappa shape index (κ3) is 4.50. The average molecular weight is 314 g/mol. The van der Waals surface area contributed by atoms with Gasteiger partial charge in [0.15, 0.2) is 0 Å². The molecule has 2 rings (SSSR count). The summed E-state index contributed by atoms with van der Waals surface area (Å²) in [6, 6.07) is 8.18. The molecule has 1 nitrogen and oxygen atoms in total. The van der Waals surface area contributed by atoms with Crippen molar-refractivity contribution < 1.29 is 0 Å². The fourth-order valence-corrected chi connectivity index (χ4v) is 3.27. The Morgan fingerprint density at radius 3 is 2.53 bits per heavy atom. The van der Waals surface area contributed by atoms with E-state index in [9.17, 15) is 0 Å². The minimum atomic E-state index is 0.255. The van der Waals surface area contributed by atoms with Gasteiger partial charge >= 0.3 is 0 Å². The summed E-state index contributed by atoms with van der Waals surface area (Å²) in [6.07, 6.45) is 2.06. The molecule has 4 heteroatoms. The minimum absolute atomic E-state index is 0.255. The van der Waals surface area contributed by atoms with Gasteiger partial charge in [-0.15, -0.1) is 0 Å². The second-order valence-electron chi connectivity index (χ2n) is 4.55. The minimum Gasteiger partial charge on any atom is -0.310 e. The molecule has 0 saturated heterocycles. The molecular formula is C15H17Cl2NS. The Labute approximate surface area is 128 Å². The van der Waals surface area contributed by atoms with Gasteiger partial charge in [0.1, 0.15) is 0 Å². The molecule has 19 heavy (non-hydrogen) atoms. The monoisotopic (exact) mass is 313 g/mol. The Morgan fingerprint density at radius 1 is 1.21 bits per heavy atom. The van der Waals surface area contributed by atoms with Crippen molar-refractivity contribution in [3.8, 4) is 0 Å². The quantitative estimate of drug-likeness (QED) is 0.759. The van der Waals surface area contributed by atoms with Crippen LogP contribution < -0.4 is 5.32 Å². The first kappa shape index (κ1) is 14.9. The zero-order chi connectivity index (χ0) is 13.7. The lowest BCUT2D eigenvalue weighted by Crippen LogP contribution is -2.24. The van der Waals surface area contributed by atoms with Gasteiger partial charge in [-0.05, 0) is 65.5 Å². The fraction of sp³-hybridized carbons (Fsp3) is 0.333. The van der Waals surface area contributed by atoms with Crippen molar-refractivity contribution in [2.45, 2.75) is 25.8 Å².